The van der Waals surface area contributed by atoms with Crippen LogP contribution >= 0.6 is 0 Å². The van der Waals surface area contributed by atoms with Crippen molar-refractivity contribution in [1.82, 2.24) is 19.5 Å². The number of nitrogens with one attached hydrogen (secondary N) is 1. The Labute approximate surface area is 228 Å². The molecule has 0 amide bonds. The van der Waals surface area contributed by atoms with Gasteiger partial charge < -0.3 is 19.5 Å². The monoisotopic (exact) mass is 529 g/mol. The number of imidazole rings is 1. The van der Waals surface area contributed by atoms with Crippen LogP contribution in [0.25, 0.3) is 22.4 Å². The summed E-state index contributed by atoms with van der Waals surface area (Å²) in [6, 6.07) is 17.9. The number of aromatic nitrogens is 4. The fraction of sp³-hybridized carbons (Fsp3) is 0.400. The van der Waals surface area contributed by atoms with Gasteiger partial charge in [0.05, 0.1) is 20.0 Å². The van der Waals surface area contributed by atoms with E-state index >= 15 is 0 Å². The van der Waals surface area contributed by atoms with Gasteiger partial charge >= 0.3 is 5.97 Å². The first-order valence-corrected chi connectivity index (χ1v) is 13.7. The number of hydrogen-bond donors (Lipinski definition) is 1. The molecule has 9 nitrogen and oxygen atoms in total. The number of rotatable bonds is 12. The van der Waals surface area contributed by atoms with Gasteiger partial charge in [-0.3, -0.25) is 9.36 Å². The zero-order chi connectivity index (χ0) is 26.9. The van der Waals surface area contributed by atoms with Crippen LogP contribution in [-0.4, -0.2) is 45.8 Å². The summed E-state index contributed by atoms with van der Waals surface area (Å²) in [5.74, 6) is 1.16. The summed E-state index contributed by atoms with van der Waals surface area (Å²) in [6.07, 6.45) is 9.16. The molecule has 1 atom stereocenters. The lowest BCUT2D eigenvalue weighted by Crippen LogP contribution is -2.18. The summed E-state index contributed by atoms with van der Waals surface area (Å²) in [7, 11) is 1.42. The van der Waals surface area contributed by atoms with E-state index in [0.717, 1.165) is 85.4 Å². The molecule has 3 heterocycles. The van der Waals surface area contributed by atoms with Crippen LogP contribution in [0, 0.1) is 0 Å². The van der Waals surface area contributed by atoms with Crippen LogP contribution in [0.4, 0.5) is 11.6 Å². The molecule has 1 N–H and O–H groups in total. The molecule has 0 bridgehead atoms. The molecular formula is C30H35N5O4. The van der Waals surface area contributed by atoms with Gasteiger partial charge in [-0.1, -0.05) is 43.2 Å². The number of ether oxygens (including phenoxy) is 3. The van der Waals surface area contributed by atoms with Gasteiger partial charge in [-0.15, -0.1) is 0 Å². The minimum absolute atomic E-state index is 0.0700. The molecule has 5 rings (SSSR count). The van der Waals surface area contributed by atoms with Gasteiger partial charge in [0.25, 0.3) is 0 Å². The Morgan fingerprint density at radius 1 is 1.03 bits per heavy atom. The number of benzene rings is 2. The molecule has 9 heteroatoms. The summed E-state index contributed by atoms with van der Waals surface area (Å²) in [5, 5.41) is 3.36. The number of methoxy groups -OCH3 is 1. The molecule has 0 saturated carbocycles. The molecule has 1 saturated heterocycles. The van der Waals surface area contributed by atoms with Gasteiger partial charge in [0.1, 0.15) is 23.2 Å². The van der Waals surface area contributed by atoms with Crippen molar-refractivity contribution in [2.45, 2.75) is 57.6 Å². The van der Waals surface area contributed by atoms with E-state index in [2.05, 4.69) is 15.0 Å². The van der Waals surface area contributed by atoms with Crippen molar-refractivity contribution < 1.29 is 19.0 Å². The van der Waals surface area contributed by atoms with E-state index in [1.54, 1.807) is 0 Å². The maximum absolute atomic E-state index is 11.2. The Morgan fingerprint density at radius 3 is 2.62 bits per heavy atom. The van der Waals surface area contributed by atoms with Crippen molar-refractivity contribution in [2.75, 3.05) is 25.6 Å². The number of carbonyl (C=O) groups is 1. The highest BCUT2D eigenvalue weighted by atomic mass is 16.5. The third kappa shape index (κ3) is 6.92. The zero-order valence-corrected chi connectivity index (χ0v) is 22.3. The first kappa shape index (κ1) is 26.6. The first-order chi connectivity index (χ1) is 19.2. The second kappa shape index (κ2) is 13.2. The number of nitrogens with zero attached hydrogens (tertiary/aromatic N) is 4. The quantitative estimate of drug-likeness (QED) is 0.165. The van der Waals surface area contributed by atoms with Crippen molar-refractivity contribution in [2.24, 2.45) is 0 Å². The summed E-state index contributed by atoms with van der Waals surface area (Å²) in [6.45, 7) is 1.38. The molecule has 4 aromatic rings. The Hall–Kier alpha value is -3.98. The van der Waals surface area contributed by atoms with Crippen LogP contribution in [0.2, 0.25) is 0 Å². The van der Waals surface area contributed by atoms with E-state index in [-0.39, 0.29) is 12.2 Å². The lowest BCUT2D eigenvalue weighted by Gasteiger charge is -2.23. The molecule has 0 radical (unpaired) electrons. The zero-order valence-electron chi connectivity index (χ0n) is 22.3. The van der Waals surface area contributed by atoms with E-state index in [9.17, 15) is 4.79 Å². The minimum Gasteiger partial charge on any atom is -0.494 e. The summed E-state index contributed by atoms with van der Waals surface area (Å²) < 4.78 is 18.6. The lowest BCUT2D eigenvalue weighted by molar-refractivity contribution is -0.140. The van der Waals surface area contributed by atoms with Gasteiger partial charge in [-0.2, -0.15) is 4.98 Å². The summed E-state index contributed by atoms with van der Waals surface area (Å²) in [4.78, 5) is 25.6. The predicted molar refractivity (Wildman–Crippen MR) is 150 cm³/mol. The van der Waals surface area contributed by atoms with Crippen LogP contribution in [0.15, 0.2) is 60.9 Å². The van der Waals surface area contributed by atoms with Crippen molar-refractivity contribution in [3.63, 3.8) is 0 Å². The third-order valence-corrected chi connectivity index (χ3v) is 6.82. The van der Waals surface area contributed by atoms with E-state index in [4.69, 9.17) is 19.4 Å². The summed E-state index contributed by atoms with van der Waals surface area (Å²) >= 11 is 0. The van der Waals surface area contributed by atoms with Gasteiger partial charge in [-0.05, 0) is 56.4 Å². The maximum atomic E-state index is 11.2. The fourth-order valence-electron chi connectivity index (χ4n) is 4.70. The van der Waals surface area contributed by atoms with Crippen LogP contribution in [0.5, 0.6) is 5.75 Å². The smallest absolute Gasteiger partial charge is 0.305 e. The number of unbranched alkanes of at least 4 members (excludes halogenated alkanes) is 3. The average Bonchev–Trinajstić information content (AvgIpc) is 3.42. The van der Waals surface area contributed by atoms with E-state index < -0.39 is 0 Å². The van der Waals surface area contributed by atoms with Crippen molar-refractivity contribution >= 4 is 28.8 Å². The van der Waals surface area contributed by atoms with E-state index in [1.807, 2.05) is 65.5 Å². The Morgan fingerprint density at radius 2 is 1.85 bits per heavy atom. The molecule has 0 aliphatic carbocycles. The highest BCUT2D eigenvalue weighted by Crippen LogP contribution is 2.31. The minimum atomic E-state index is -0.148. The van der Waals surface area contributed by atoms with Gasteiger partial charge in [0.2, 0.25) is 5.95 Å². The number of anilines is 2. The van der Waals surface area contributed by atoms with Gasteiger partial charge in [0, 0.05) is 24.3 Å². The molecule has 204 valence electrons. The second-order valence-electron chi connectivity index (χ2n) is 9.65. The Kier molecular flexibility index (Phi) is 9.01. The second-order valence-corrected chi connectivity index (χ2v) is 9.65. The van der Waals surface area contributed by atoms with Crippen LogP contribution < -0.4 is 10.1 Å². The van der Waals surface area contributed by atoms with Crippen LogP contribution in [0.3, 0.4) is 0 Å². The lowest BCUT2D eigenvalue weighted by atomic mass is 10.1. The molecule has 2 aromatic carbocycles. The number of fused-ring (bicyclic) bond motifs is 1. The predicted octanol–water partition coefficient (Wildman–Crippen LogP) is 6.44. The number of carbonyl (C=O) groups excluding carboxylic acids is 1. The standard InChI is InChI=1S/C30H35N5O4/c1-37-26(36)14-7-2-3-9-19-38-24-17-15-23(16-18-24)32-30-33-27(22-11-5-4-6-12-22)28-29(34-30)35(21-31-28)25-13-8-10-20-39-25/h4-6,11-12,15-18,21,25H,2-3,7-10,13-14,19-20H2,1H3,(H,32,33,34). The molecule has 2 aromatic heterocycles. The molecule has 1 fully saturated rings. The average molecular weight is 530 g/mol. The number of esters is 1. The highest BCUT2D eigenvalue weighted by molar-refractivity contribution is 5.88. The molecule has 1 unspecified atom stereocenters. The highest BCUT2D eigenvalue weighted by Gasteiger charge is 2.22. The topological polar surface area (TPSA) is 100 Å². The third-order valence-electron chi connectivity index (χ3n) is 6.82. The molecule has 1 aliphatic rings. The van der Waals surface area contributed by atoms with Crippen LogP contribution in [-0.2, 0) is 14.3 Å². The van der Waals surface area contributed by atoms with Crippen molar-refractivity contribution in [3.8, 4) is 17.0 Å². The van der Waals surface area contributed by atoms with E-state index in [0.29, 0.717) is 19.0 Å². The summed E-state index contributed by atoms with van der Waals surface area (Å²) in [5.41, 5.74) is 4.14. The normalized spacial score (nSPS) is 15.3. The van der Waals surface area contributed by atoms with Crippen LogP contribution in [0.1, 0.15) is 57.6 Å². The molecule has 39 heavy (non-hydrogen) atoms. The van der Waals surface area contributed by atoms with Crippen molar-refractivity contribution in [3.05, 3.63) is 60.9 Å². The van der Waals surface area contributed by atoms with Gasteiger partial charge in [-0.25, -0.2) is 9.97 Å². The Balaban J connectivity index is 1.26. The van der Waals surface area contributed by atoms with Crippen molar-refractivity contribution in [1.29, 1.82) is 0 Å². The Bertz CT molecular complexity index is 1350. The maximum Gasteiger partial charge on any atom is 0.305 e. The fourth-order valence-corrected chi connectivity index (χ4v) is 4.70. The largest absolute Gasteiger partial charge is 0.494 e. The molecular weight excluding hydrogens is 494 g/mol. The molecule has 0 spiro atoms. The van der Waals surface area contributed by atoms with E-state index in [1.165, 1.54) is 7.11 Å². The molecule has 1 aliphatic heterocycles. The SMILES string of the molecule is COC(=O)CCCCCCOc1ccc(Nc2nc(-c3ccccc3)c3ncn(C4CCCCO4)c3n2)cc1. The number of hydrogen-bond acceptors (Lipinski definition) is 8. The first-order valence-electron chi connectivity index (χ1n) is 13.7. The van der Waals surface area contributed by atoms with Gasteiger partial charge in [0.15, 0.2) is 5.65 Å².